The third kappa shape index (κ3) is 35.2. The van der Waals surface area contributed by atoms with E-state index in [1.54, 1.807) is 0 Å². The quantitative estimate of drug-likeness (QED) is 0.0355. The van der Waals surface area contributed by atoms with Crippen molar-refractivity contribution in [2.45, 2.75) is 77.8 Å². The molecule has 786 valence electrons. The van der Waals surface area contributed by atoms with Crippen LogP contribution in [0.25, 0.3) is 64.6 Å². The number of rotatable bonds is 18. The molecule has 0 aliphatic carbocycles. The van der Waals surface area contributed by atoms with Crippen molar-refractivity contribution in [3.05, 3.63) is 358 Å². The molecule has 0 bridgehead atoms. The van der Waals surface area contributed by atoms with E-state index >= 15 is 0 Å². The topological polar surface area (TPSA) is 388 Å². The molecule has 17 rings (SSSR count). The number of benzene rings is 14. The maximum Gasteiger partial charge on any atom is 0.335 e. The number of carbonyl (C=O) groups is 6. The summed E-state index contributed by atoms with van der Waals surface area (Å²) in [7, 11) is 0. The Bertz CT molecular complexity index is 5520. The summed E-state index contributed by atoms with van der Waals surface area (Å²) in [4.78, 5) is 78.2. The third-order valence-corrected chi connectivity index (χ3v) is 26.8. The van der Waals surface area contributed by atoms with Gasteiger partial charge in [-0.3, -0.25) is 29.4 Å². The SMILES string of the molecule is C[C@H](c1ccc2ccccc2c1)N1CNCCNCN([C@H](C)c2ccc3ccccc3c2)CNCCNC1.C[C@H](c1ccc2ccccc2c1)N1CNCCNCN([C@H](C)c2ccc3ccccc3c2)CNCCNC1.C[C@H](c1ccc2ccccc2c1)N1CNCCNCN([C@H](C)c2ccc3ccccc3c2)CNCCNC1.O=C(O)c1cc(C(=O)O)cc(C(=O)O)c1.O=C(O)c1cc(C(=O)O)cc(C(=O)O)c1.[Ni].[Ni].[Ni]. The number of fused-ring (bicyclic) bond motifs is 6. The molecule has 3 fully saturated rings. The van der Waals surface area contributed by atoms with Crippen LogP contribution in [0.3, 0.4) is 0 Å². The molecule has 0 unspecified atom stereocenters. The van der Waals surface area contributed by atoms with Crippen molar-refractivity contribution in [3.63, 3.8) is 0 Å². The average Bonchev–Trinajstić information content (AvgIpc) is 0.832. The smallest absolute Gasteiger partial charge is 0.335 e. The van der Waals surface area contributed by atoms with E-state index < -0.39 is 35.8 Å². The van der Waals surface area contributed by atoms with E-state index in [1.165, 1.54) is 98.0 Å². The van der Waals surface area contributed by atoms with Crippen molar-refractivity contribution in [1.82, 2.24) is 93.2 Å². The standard InChI is InChI=1S/3C32H42N6.2C9H6O6.3Ni/c3*1-25(29-13-11-27-7-3-5-9-31(27)19-29)37-21-33-15-17-35-23-38(24-36-18-16-34-22-37)26(2)30-14-12-28-8-4-6-10-32(28)20-30;2*10-7(11)4-1-5(8(12)13)3-6(2-4)9(14)15;;;/h3*3-14,19-20,25-26,33-36H,15-18,21-24H2,1-2H3;2*1-3H,(H,10,11)(H,12,13)(H,14,15);;;/t3*25-,26-;;;;;/m111...../s1. The summed E-state index contributed by atoms with van der Waals surface area (Å²) in [5.74, 6) is -8.25. The molecular formula is C114H138N18Ni3O12. The Hall–Kier alpha value is -11.8. The summed E-state index contributed by atoms with van der Waals surface area (Å²) in [6.07, 6.45) is 0. The van der Waals surface area contributed by atoms with Crippen molar-refractivity contribution in [2.75, 3.05) is 159 Å². The molecule has 0 radical (unpaired) electrons. The van der Waals surface area contributed by atoms with E-state index in [-0.39, 0.29) is 82.9 Å². The van der Waals surface area contributed by atoms with Gasteiger partial charge in [0.25, 0.3) is 0 Å². The number of nitrogens with one attached hydrogen (secondary N) is 12. The molecular weight excluding hydrogens is 1990 g/mol. The van der Waals surface area contributed by atoms with Gasteiger partial charge in [0, 0.05) is 244 Å². The zero-order valence-electron chi connectivity index (χ0n) is 83.9. The summed E-state index contributed by atoms with van der Waals surface area (Å²) in [6.45, 7) is 35.0. The molecule has 0 saturated carbocycles. The minimum Gasteiger partial charge on any atom is -0.478 e. The fourth-order valence-corrected chi connectivity index (χ4v) is 17.8. The summed E-state index contributed by atoms with van der Waals surface area (Å²) in [5.41, 5.74) is 5.89. The zero-order chi connectivity index (χ0) is 102. The predicted octanol–water partition coefficient (Wildman–Crippen LogP) is 15.4. The minimum atomic E-state index is -1.37. The molecule has 18 N–H and O–H groups in total. The first-order valence-corrected chi connectivity index (χ1v) is 49.4. The number of carboxylic acids is 6. The average molecular weight is 2130 g/mol. The molecule has 3 aliphatic heterocycles. The van der Waals surface area contributed by atoms with Gasteiger partial charge < -0.3 is 94.4 Å². The van der Waals surface area contributed by atoms with Gasteiger partial charge in [0.05, 0.1) is 33.4 Å². The van der Waals surface area contributed by atoms with Crippen molar-refractivity contribution >= 4 is 100 Å². The van der Waals surface area contributed by atoms with Gasteiger partial charge in [-0.05, 0) is 212 Å². The van der Waals surface area contributed by atoms with E-state index in [9.17, 15) is 28.8 Å². The Kier molecular flexibility index (Phi) is 48.3. The van der Waals surface area contributed by atoms with Gasteiger partial charge in [0.15, 0.2) is 0 Å². The second-order valence-corrected chi connectivity index (χ2v) is 36.6. The van der Waals surface area contributed by atoms with Crippen molar-refractivity contribution in [1.29, 1.82) is 0 Å². The van der Waals surface area contributed by atoms with E-state index in [0.29, 0.717) is 36.3 Å². The van der Waals surface area contributed by atoms with Gasteiger partial charge in [0.2, 0.25) is 0 Å². The van der Waals surface area contributed by atoms with Crippen molar-refractivity contribution < 1.29 is 109 Å². The van der Waals surface area contributed by atoms with Crippen LogP contribution < -0.4 is 63.8 Å². The first-order chi connectivity index (χ1) is 69.9. The molecule has 3 heterocycles. The number of hydrogen-bond acceptors (Lipinski definition) is 24. The molecule has 3 aliphatic rings. The third-order valence-electron chi connectivity index (χ3n) is 26.8. The van der Waals surface area contributed by atoms with Crippen LogP contribution in [0, 0.1) is 0 Å². The van der Waals surface area contributed by atoms with Crippen LogP contribution in [0.4, 0.5) is 0 Å². The maximum absolute atomic E-state index is 10.6. The largest absolute Gasteiger partial charge is 0.478 e. The number of aromatic carboxylic acids is 6. The molecule has 14 aromatic rings. The Morgan fingerprint density at radius 3 is 0.395 bits per heavy atom. The van der Waals surface area contributed by atoms with Crippen LogP contribution >= 0.6 is 0 Å². The summed E-state index contributed by atoms with van der Waals surface area (Å²) < 4.78 is 0. The van der Waals surface area contributed by atoms with E-state index in [1.807, 2.05) is 0 Å². The maximum atomic E-state index is 10.6. The fraction of sp³-hybridized carbons (Fsp3) is 0.316. The second kappa shape index (κ2) is 60.6. The van der Waals surface area contributed by atoms with Gasteiger partial charge in [-0.2, -0.15) is 0 Å². The van der Waals surface area contributed by atoms with Crippen LogP contribution in [0.1, 0.15) is 173 Å². The molecule has 0 spiro atoms. The van der Waals surface area contributed by atoms with Crippen molar-refractivity contribution in [2.24, 2.45) is 0 Å². The Balaban J connectivity index is 0.000000196. The zero-order valence-corrected chi connectivity index (χ0v) is 86.9. The Morgan fingerprint density at radius 2 is 0.286 bits per heavy atom. The van der Waals surface area contributed by atoms with Gasteiger partial charge in [-0.25, -0.2) is 28.8 Å². The van der Waals surface area contributed by atoms with E-state index in [2.05, 4.69) is 390 Å². The molecule has 0 aromatic heterocycles. The molecule has 3 saturated heterocycles. The summed E-state index contributed by atoms with van der Waals surface area (Å²) >= 11 is 0. The van der Waals surface area contributed by atoms with Gasteiger partial charge in [-0.1, -0.05) is 218 Å². The molecule has 6 atom stereocenters. The van der Waals surface area contributed by atoms with Gasteiger partial charge >= 0.3 is 35.8 Å². The number of carboxylic acid groups (broad SMARTS) is 6. The predicted molar refractivity (Wildman–Crippen MR) is 574 cm³/mol. The minimum absolute atomic E-state index is 0. The van der Waals surface area contributed by atoms with Gasteiger partial charge in [-0.15, -0.1) is 0 Å². The van der Waals surface area contributed by atoms with Crippen LogP contribution in [-0.4, -0.2) is 254 Å². The first-order valence-electron chi connectivity index (χ1n) is 49.4. The molecule has 147 heavy (non-hydrogen) atoms. The molecule has 33 heteroatoms. The fourth-order valence-electron chi connectivity index (χ4n) is 17.8. The van der Waals surface area contributed by atoms with E-state index in [0.717, 1.165) is 195 Å². The summed E-state index contributed by atoms with van der Waals surface area (Å²) in [6, 6.07) is 99.9. The summed E-state index contributed by atoms with van der Waals surface area (Å²) in [5, 5.41) is 111. The van der Waals surface area contributed by atoms with Crippen LogP contribution in [0.2, 0.25) is 0 Å². The van der Waals surface area contributed by atoms with Gasteiger partial charge in [0.1, 0.15) is 0 Å². The first kappa shape index (κ1) is 117. The number of nitrogens with zero attached hydrogens (tertiary/aromatic N) is 6. The molecule has 14 aromatic carbocycles. The Labute approximate surface area is 890 Å². The van der Waals surface area contributed by atoms with Crippen LogP contribution in [0.5, 0.6) is 0 Å². The monoisotopic (exact) mass is 2120 g/mol. The Morgan fingerprint density at radius 1 is 0.177 bits per heavy atom. The normalized spacial score (nSPS) is 16.9. The van der Waals surface area contributed by atoms with Crippen LogP contribution in [-0.2, 0) is 49.5 Å². The molecule has 30 nitrogen and oxygen atoms in total. The van der Waals surface area contributed by atoms with Crippen LogP contribution in [0.15, 0.2) is 291 Å². The van der Waals surface area contributed by atoms with E-state index in [4.69, 9.17) is 30.6 Å². The number of hydrogen-bond donors (Lipinski definition) is 18. The second-order valence-electron chi connectivity index (χ2n) is 36.6. The molecule has 0 amide bonds. The van der Waals surface area contributed by atoms with Crippen molar-refractivity contribution in [3.8, 4) is 0 Å².